The third-order valence-electron chi connectivity index (χ3n) is 13.8. The van der Waals surface area contributed by atoms with Crippen molar-refractivity contribution in [1.82, 2.24) is 4.90 Å². The highest BCUT2D eigenvalue weighted by Gasteiger charge is 2.65. The second-order valence-electron chi connectivity index (χ2n) is 18.5. The van der Waals surface area contributed by atoms with Gasteiger partial charge in [-0.3, -0.25) is 4.90 Å². The molecule has 3 aliphatic rings. The molecule has 6 atom stereocenters. The van der Waals surface area contributed by atoms with Gasteiger partial charge in [0.2, 0.25) is 5.79 Å². The van der Waals surface area contributed by atoms with Gasteiger partial charge in [0.15, 0.2) is 0 Å². The van der Waals surface area contributed by atoms with Crippen LogP contribution in [0.5, 0.6) is 11.5 Å². The Labute approximate surface area is 409 Å². The van der Waals surface area contributed by atoms with Gasteiger partial charge in [0, 0.05) is 48.3 Å². The molecule has 10 nitrogen and oxygen atoms in total. The first-order chi connectivity index (χ1) is 33.4. The second-order valence-corrected chi connectivity index (χ2v) is 19.7. The number of rotatable bonds is 31. The zero-order valence-corrected chi connectivity index (χ0v) is 41.5. The van der Waals surface area contributed by atoms with Crippen molar-refractivity contribution in [1.29, 1.82) is 0 Å². The Bertz CT molecular complexity index is 2030. The largest absolute Gasteiger partial charge is 0.493 e. The molecule has 3 aromatic rings. The monoisotopic (exact) mass is 957 g/mol. The number of aliphatic hydroxyl groups excluding tert-OH is 2. The number of amides is 1. The van der Waals surface area contributed by atoms with Gasteiger partial charge in [-0.15, -0.1) is 18.3 Å². The molecular weight excluding hydrogens is 880 g/mol. The molecule has 1 saturated carbocycles. The van der Waals surface area contributed by atoms with Crippen LogP contribution in [-0.2, 0) is 20.9 Å². The molecule has 0 saturated heterocycles. The number of fused-ring (bicyclic) bond motifs is 2. The van der Waals surface area contributed by atoms with E-state index in [0.717, 1.165) is 73.1 Å². The van der Waals surface area contributed by atoms with Crippen LogP contribution in [-0.4, -0.2) is 84.6 Å². The van der Waals surface area contributed by atoms with Crippen molar-refractivity contribution in [2.45, 2.75) is 145 Å². The number of allylic oxidation sites excluding steroid dienone is 1. The molecule has 1 amide bonds. The van der Waals surface area contributed by atoms with Crippen LogP contribution in [0.25, 0.3) is 0 Å². The van der Waals surface area contributed by atoms with Crippen LogP contribution in [0.15, 0.2) is 107 Å². The normalized spacial score (nSPS) is 22.1. The molecule has 12 heteroatoms. The Hall–Kier alpha value is -4.36. The Kier molecular flexibility index (Phi) is 22.1. The summed E-state index contributed by atoms with van der Waals surface area (Å²) in [6, 6.07) is 21.7. The minimum Gasteiger partial charge on any atom is -0.493 e. The van der Waals surface area contributed by atoms with E-state index in [0.29, 0.717) is 30.9 Å². The van der Waals surface area contributed by atoms with Gasteiger partial charge in [-0.25, -0.2) is 9.18 Å². The number of unbranched alkanes of at least 4 members (excludes halogenated alkanes) is 11. The summed E-state index contributed by atoms with van der Waals surface area (Å²) in [6.07, 6.45) is 20.0. The Morgan fingerprint density at radius 3 is 2.29 bits per heavy atom. The maximum Gasteiger partial charge on any atom is 0.410 e. The van der Waals surface area contributed by atoms with Gasteiger partial charge in [0.1, 0.15) is 30.5 Å². The lowest BCUT2D eigenvalue weighted by Crippen LogP contribution is -2.70. The minimum atomic E-state index is -1.46. The Morgan fingerprint density at radius 1 is 0.897 bits per heavy atom. The van der Waals surface area contributed by atoms with E-state index in [1.54, 1.807) is 42.0 Å². The van der Waals surface area contributed by atoms with E-state index >= 15 is 0 Å². The smallest absolute Gasteiger partial charge is 0.410 e. The maximum atomic E-state index is 14.9. The molecule has 0 aromatic heterocycles. The van der Waals surface area contributed by atoms with Gasteiger partial charge in [0.25, 0.3) is 0 Å². The molecule has 0 spiro atoms. The summed E-state index contributed by atoms with van der Waals surface area (Å²) in [7, 11) is 1.54. The zero-order valence-electron chi connectivity index (χ0n) is 40.7. The SMILES string of the molecule is C=CCOC12Oc3ccc(OCCSc4ccccc4)cc3C3C(CCCCO)C(CCCCO)C=C(C(=NOC)CC1N(Cc1ccc(F)cc1)C(=O)OCCCCCCCCCCCC)C32. The minimum absolute atomic E-state index is 0.0589. The molecule has 1 heterocycles. The van der Waals surface area contributed by atoms with E-state index in [1.807, 2.05) is 30.3 Å². The van der Waals surface area contributed by atoms with Gasteiger partial charge in [0.05, 0.1) is 31.5 Å². The van der Waals surface area contributed by atoms with Crippen molar-refractivity contribution in [2.24, 2.45) is 22.9 Å². The molecule has 1 aliphatic heterocycles. The van der Waals surface area contributed by atoms with E-state index in [1.165, 1.54) is 62.0 Å². The standard InChI is InChI=1S/C56H77FN2O8S/c1-4-6-7-8-9-10-11-12-13-21-35-65-55(62)59(41-42-26-28-44(57)29-27-42)52-40-50(58-63-3)48-38-43(22-17-19-32-60)47(25-18-20-33-61)53-49-39-45(64-36-37-68-46-23-15-14-16-24-46)30-31-51(49)67-56(52,54(48)53)66-34-5-2/h5,14-16,23-24,26-31,38-39,43,47,52-54,60-61H,2,4,6-13,17-22,25,32-37,40-41H2,1,3H3. The van der Waals surface area contributed by atoms with Gasteiger partial charge in [-0.1, -0.05) is 125 Å². The number of carbonyl (C=O) groups is 1. The van der Waals surface area contributed by atoms with Crippen molar-refractivity contribution in [3.8, 4) is 11.5 Å². The van der Waals surface area contributed by atoms with E-state index in [-0.39, 0.29) is 63.0 Å². The predicted molar refractivity (Wildman–Crippen MR) is 270 cm³/mol. The fourth-order valence-electron chi connectivity index (χ4n) is 10.6. The molecular formula is C56H77FN2O8S. The molecule has 68 heavy (non-hydrogen) atoms. The Balaban J connectivity index is 1.39. The lowest BCUT2D eigenvalue weighted by atomic mass is 9.55. The highest BCUT2D eigenvalue weighted by atomic mass is 32.2. The van der Waals surface area contributed by atoms with E-state index in [2.05, 4.69) is 37.8 Å². The lowest BCUT2D eigenvalue weighted by Gasteiger charge is -2.59. The molecule has 6 unspecified atom stereocenters. The van der Waals surface area contributed by atoms with Crippen LogP contribution in [0.3, 0.4) is 0 Å². The molecule has 1 fully saturated rings. The highest BCUT2D eigenvalue weighted by Crippen LogP contribution is 2.62. The van der Waals surface area contributed by atoms with Gasteiger partial charge in [-0.05, 0) is 97.5 Å². The first-order valence-electron chi connectivity index (χ1n) is 25.5. The van der Waals surface area contributed by atoms with Crippen LogP contribution in [0.2, 0.25) is 0 Å². The quantitative estimate of drug-likeness (QED) is 0.0281. The summed E-state index contributed by atoms with van der Waals surface area (Å²) < 4.78 is 41.6. The molecule has 3 aromatic carbocycles. The summed E-state index contributed by atoms with van der Waals surface area (Å²) in [5.74, 6) is -0.225. The van der Waals surface area contributed by atoms with Crippen molar-refractivity contribution < 1.29 is 43.2 Å². The van der Waals surface area contributed by atoms with E-state index in [9.17, 15) is 19.4 Å². The topological polar surface area (TPSA) is 119 Å². The van der Waals surface area contributed by atoms with Crippen molar-refractivity contribution in [2.75, 3.05) is 45.9 Å². The van der Waals surface area contributed by atoms with Gasteiger partial charge in [-0.2, -0.15) is 0 Å². The highest BCUT2D eigenvalue weighted by molar-refractivity contribution is 7.99. The summed E-state index contributed by atoms with van der Waals surface area (Å²) in [4.78, 5) is 23.4. The summed E-state index contributed by atoms with van der Waals surface area (Å²) in [5, 5.41) is 24.7. The van der Waals surface area contributed by atoms with Gasteiger partial charge >= 0.3 is 6.09 Å². The lowest BCUT2D eigenvalue weighted by molar-refractivity contribution is -0.256. The first kappa shape index (κ1) is 53.0. The number of oxime groups is 1. The van der Waals surface area contributed by atoms with Crippen LogP contribution in [0.4, 0.5) is 9.18 Å². The van der Waals surface area contributed by atoms with E-state index in [4.69, 9.17) is 28.9 Å². The van der Waals surface area contributed by atoms with Gasteiger partial charge < -0.3 is 34.0 Å². The molecule has 2 aliphatic carbocycles. The molecule has 2 N–H and O–H groups in total. The summed E-state index contributed by atoms with van der Waals surface area (Å²) in [6.45, 7) is 7.50. The first-order valence-corrected chi connectivity index (χ1v) is 26.5. The van der Waals surface area contributed by atoms with Crippen molar-refractivity contribution in [3.63, 3.8) is 0 Å². The maximum absolute atomic E-state index is 14.9. The number of hydrogen-bond donors (Lipinski definition) is 2. The molecule has 0 radical (unpaired) electrons. The predicted octanol–water partition coefficient (Wildman–Crippen LogP) is 12.8. The summed E-state index contributed by atoms with van der Waals surface area (Å²) >= 11 is 1.74. The fourth-order valence-corrected chi connectivity index (χ4v) is 11.4. The number of aliphatic hydroxyl groups is 2. The van der Waals surface area contributed by atoms with E-state index < -0.39 is 23.8 Å². The average molecular weight is 957 g/mol. The Morgan fingerprint density at radius 2 is 1.60 bits per heavy atom. The number of carbonyl (C=O) groups excluding carboxylic acids is 1. The molecule has 0 bridgehead atoms. The number of hydrogen-bond acceptors (Lipinski definition) is 10. The summed E-state index contributed by atoms with van der Waals surface area (Å²) in [5.41, 5.74) is 3.34. The second kappa shape index (κ2) is 28.3. The molecule has 6 rings (SSSR count). The average Bonchev–Trinajstić information content (AvgIpc) is 3.35. The van der Waals surface area contributed by atoms with Crippen LogP contribution >= 0.6 is 11.8 Å². The van der Waals surface area contributed by atoms with Crippen LogP contribution in [0, 0.1) is 23.6 Å². The van der Waals surface area contributed by atoms with Crippen LogP contribution < -0.4 is 9.47 Å². The third-order valence-corrected chi connectivity index (χ3v) is 14.8. The number of nitrogens with zero attached hydrogens (tertiary/aromatic N) is 2. The number of benzene rings is 3. The zero-order chi connectivity index (χ0) is 48.0. The number of thioether (sulfide) groups is 1. The number of ether oxygens (including phenoxy) is 4. The van der Waals surface area contributed by atoms with Crippen LogP contribution in [0.1, 0.15) is 133 Å². The third kappa shape index (κ3) is 14.4. The fraction of sp³-hybridized carbons (Fsp3) is 0.571. The molecule has 372 valence electrons. The van der Waals surface area contributed by atoms with Crippen molar-refractivity contribution in [3.05, 3.63) is 114 Å². The van der Waals surface area contributed by atoms with Crippen molar-refractivity contribution >= 4 is 23.6 Å². The number of halogens is 1.